The number of H-pyrrole nitrogens is 1. The summed E-state index contributed by atoms with van der Waals surface area (Å²) < 4.78 is 5.10. The van der Waals surface area contributed by atoms with Crippen LogP contribution >= 0.6 is 0 Å². The van der Waals surface area contributed by atoms with Gasteiger partial charge in [0.2, 0.25) is 5.95 Å². The summed E-state index contributed by atoms with van der Waals surface area (Å²) in [4.78, 5) is 28.5. The molecule has 3 heterocycles. The average Bonchev–Trinajstić information content (AvgIpc) is 3.26. The molecule has 1 amide bonds. The number of amides is 1. The summed E-state index contributed by atoms with van der Waals surface area (Å²) in [5.74, 6) is 1.44. The third-order valence-electron chi connectivity index (χ3n) is 6.16. The summed E-state index contributed by atoms with van der Waals surface area (Å²) in [6, 6.07) is 10.8. The fraction of sp³-hybridized carbons (Fsp3) is 0.435. The highest BCUT2D eigenvalue weighted by Crippen LogP contribution is 2.28. The second kappa shape index (κ2) is 8.94. The van der Waals surface area contributed by atoms with E-state index in [2.05, 4.69) is 37.6 Å². The molecule has 0 radical (unpaired) electrons. The van der Waals surface area contributed by atoms with Crippen LogP contribution in [0.25, 0.3) is 11.0 Å². The van der Waals surface area contributed by atoms with Crippen LogP contribution in [0.3, 0.4) is 0 Å². The maximum atomic E-state index is 11.9. The molecule has 168 valence electrons. The number of rotatable bonds is 6. The van der Waals surface area contributed by atoms with Gasteiger partial charge in [0.15, 0.2) is 0 Å². The number of carbonyl (C=O) groups excluding carboxylic acids is 1. The van der Waals surface area contributed by atoms with E-state index in [1.54, 1.807) is 4.90 Å². The molecule has 2 aliphatic rings. The molecule has 32 heavy (non-hydrogen) atoms. The first-order valence-corrected chi connectivity index (χ1v) is 11.3. The summed E-state index contributed by atoms with van der Waals surface area (Å²) >= 11 is 0. The lowest BCUT2D eigenvalue weighted by molar-refractivity contribution is 0.105. The fourth-order valence-electron chi connectivity index (χ4n) is 4.10. The molecule has 1 saturated carbocycles. The zero-order valence-corrected chi connectivity index (χ0v) is 18.3. The molecule has 0 unspecified atom stereocenters. The Labute approximate surface area is 187 Å². The van der Waals surface area contributed by atoms with Gasteiger partial charge >= 0.3 is 6.09 Å². The number of benzene rings is 1. The van der Waals surface area contributed by atoms with Gasteiger partial charge in [0.1, 0.15) is 11.5 Å². The number of ether oxygens (including phenoxy) is 1. The van der Waals surface area contributed by atoms with Gasteiger partial charge in [-0.15, -0.1) is 0 Å². The third-order valence-corrected chi connectivity index (χ3v) is 6.16. The number of nitrogens with one attached hydrogen (secondary N) is 3. The molecule has 3 N–H and O–H groups in total. The predicted molar refractivity (Wildman–Crippen MR) is 126 cm³/mol. The fourth-order valence-corrected chi connectivity index (χ4v) is 4.10. The Morgan fingerprint density at radius 3 is 2.59 bits per heavy atom. The lowest BCUT2D eigenvalue weighted by Crippen LogP contribution is -2.49. The van der Waals surface area contributed by atoms with Crippen LogP contribution in [0.15, 0.2) is 36.5 Å². The normalized spacial score (nSPS) is 16.7. The molecule has 2 fully saturated rings. The minimum absolute atomic E-state index is 0.225. The molecule has 5 rings (SSSR count). The predicted octanol–water partition coefficient (Wildman–Crippen LogP) is 3.94. The topological polar surface area (TPSA) is 98.4 Å². The van der Waals surface area contributed by atoms with Crippen LogP contribution < -0.4 is 15.5 Å². The zero-order chi connectivity index (χ0) is 21.9. The van der Waals surface area contributed by atoms with E-state index < -0.39 is 0 Å². The van der Waals surface area contributed by atoms with Crippen molar-refractivity contribution in [2.24, 2.45) is 0 Å². The van der Waals surface area contributed by atoms with E-state index in [0.29, 0.717) is 31.7 Å². The van der Waals surface area contributed by atoms with Crippen LogP contribution in [0, 0.1) is 0 Å². The summed E-state index contributed by atoms with van der Waals surface area (Å²) in [5.41, 5.74) is 2.88. The van der Waals surface area contributed by atoms with Gasteiger partial charge in [-0.05, 0) is 56.5 Å². The summed E-state index contributed by atoms with van der Waals surface area (Å²) in [7, 11) is 0. The van der Waals surface area contributed by atoms with Gasteiger partial charge in [0.05, 0.1) is 12.0 Å². The molecule has 0 atom stereocenters. The highest BCUT2D eigenvalue weighted by Gasteiger charge is 2.22. The van der Waals surface area contributed by atoms with Crippen LogP contribution in [0.4, 0.5) is 27.9 Å². The van der Waals surface area contributed by atoms with Gasteiger partial charge in [0, 0.05) is 49.8 Å². The number of aromatic nitrogens is 3. The van der Waals surface area contributed by atoms with Crippen LogP contribution in [0.5, 0.6) is 0 Å². The number of carbonyl (C=O) groups is 1. The molecule has 1 aliphatic carbocycles. The summed E-state index contributed by atoms with van der Waals surface area (Å²) in [5, 5.41) is 7.90. The SMILES string of the molecule is CCOC(=O)N1CCN(c2ccc(Nc3nc(NC4CCC4)c4cc[nH]c4n3)cc2)CC1. The zero-order valence-electron chi connectivity index (χ0n) is 18.3. The molecule has 1 saturated heterocycles. The van der Waals surface area contributed by atoms with E-state index in [1.807, 2.05) is 31.3 Å². The highest BCUT2D eigenvalue weighted by atomic mass is 16.6. The minimum atomic E-state index is -0.225. The number of nitrogens with zero attached hydrogens (tertiary/aromatic N) is 4. The molecule has 0 bridgehead atoms. The molecule has 9 nitrogen and oxygen atoms in total. The highest BCUT2D eigenvalue weighted by molar-refractivity contribution is 5.88. The molecule has 1 aromatic carbocycles. The molecular weight excluding hydrogens is 406 g/mol. The standard InChI is InChI=1S/C23H29N7O2/c1-2-32-23(31)30-14-12-29(13-15-30)18-8-6-17(7-9-18)26-22-27-20-19(10-11-24-20)21(28-22)25-16-4-3-5-16/h6-11,16H,2-5,12-15H2,1H3,(H3,24,25,26,27,28). The van der Waals surface area contributed by atoms with Crippen LogP contribution in [0.1, 0.15) is 26.2 Å². The second-order valence-corrected chi connectivity index (χ2v) is 8.25. The van der Waals surface area contributed by atoms with Crippen molar-refractivity contribution in [1.29, 1.82) is 0 Å². The monoisotopic (exact) mass is 435 g/mol. The van der Waals surface area contributed by atoms with Gasteiger partial charge < -0.3 is 30.2 Å². The maximum absolute atomic E-state index is 11.9. The number of fused-ring (bicyclic) bond motifs is 1. The van der Waals surface area contributed by atoms with E-state index in [1.165, 1.54) is 19.3 Å². The Morgan fingerprint density at radius 1 is 1.12 bits per heavy atom. The largest absolute Gasteiger partial charge is 0.450 e. The van der Waals surface area contributed by atoms with Crippen LogP contribution in [-0.2, 0) is 4.74 Å². The lowest BCUT2D eigenvalue weighted by atomic mass is 9.93. The Balaban J connectivity index is 1.24. The van der Waals surface area contributed by atoms with Crippen molar-refractivity contribution < 1.29 is 9.53 Å². The number of piperazine rings is 1. The summed E-state index contributed by atoms with van der Waals surface area (Å²) in [6.45, 7) is 5.14. The van der Waals surface area contributed by atoms with E-state index in [4.69, 9.17) is 9.72 Å². The van der Waals surface area contributed by atoms with E-state index in [0.717, 1.165) is 41.3 Å². The first-order valence-electron chi connectivity index (χ1n) is 11.3. The first kappa shape index (κ1) is 20.4. The van der Waals surface area contributed by atoms with Gasteiger partial charge in [0.25, 0.3) is 0 Å². The molecule has 0 spiro atoms. The third kappa shape index (κ3) is 4.28. The van der Waals surface area contributed by atoms with E-state index in [9.17, 15) is 4.79 Å². The van der Waals surface area contributed by atoms with Crippen molar-refractivity contribution in [2.75, 3.05) is 48.3 Å². The second-order valence-electron chi connectivity index (χ2n) is 8.25. The minimum Gasteiger partial charge on any atom is -0.450 e. The molecular formula is C23H29N7O2. The van der Waals surface area contributed by atoms with Gasteiger partial charge in [-0.1, -0.05) is 0 Å². The van der Waals surface area contributed by atoms with Gasteiger partial charge in [-0.25, -0.2) is 4.79 Å². The molecule has 9 heteroatoms. The van der Waals surface area contributed by atoms with Crippen molar-refractivity contribution in [1.82, 2.24) is 19.9 Å². The van der Waals surface area contributed by atoms with Crippen molar-refractivity contribution in [3.63, 3.8) is 0 Å². The lowest BCUT2D eigenvalue weighted by Gasteiger charge is -2.35. The van der Waals surface area contributed by atoms with E-state index >= 15 is 0 Å². The average molecular weight is 436 g/mol. The number of aromatic amines is 1. The van der Waals surface area contributed by atoms with Gasteiger partial charge in [-0.3, -0.25) is 0 Å². The van der Waals surface area contributed by atoms with Gasteiger partial charge in [-0.2, -0.15) is 9.97 Å². The Kier molecular flexibility index (Phi) is 5.70. The summed E-state index contributed by atoms with van der Waals surface area (Å²) in [6.07, 6.45) is 5.32. The maximum Gasteiger partial charge on any atom is 0.409 e. The Bertz CT molecular complexity index is 1070. The van der Waals surface area contributed by atoms with E-state index in [-0.39, 0.29) is 6.09 Å². The number of hydrogen-bond acceptors (Lipinski definition) is 7. The smallest absolute Gasteiger partial charge is 0.409 e. The quantitative estimate of drug-likeness (QED) is 0.539. The number of anilines is 4. The number of hydrogen-bond donors (Lipinski definition) is 3. The van der Waals surface area contributed by atoms with Crippen molar-refractivity contribution in [2.45, 2.75) is 32.2 Å². The van der Waals surface area contributed by atoms with Crippen molar-refractivity contribution in [3.8, 4) is 0 Å². The Morgan fingerprint density at radius 2 is 1.91 bits per heavy atom. The van der Waals surface area contributed by atoms with Crippen molar-refractivity contribution >= 4 is 40.3 Å². The molecule has 1 aliphatic heterocycles. The van der Waals surface area contributed by atoms with Crippen LogP contribution in [0.2, 0.25) is 0 Å². The van der Waals surface area contributed by atoms with Crippen LogP contribution in [-0.4, -0.2) is 64.8 Å². The molecule has 3 aromatic rings. The molecule has 2 aromatic heterocycles. The Hall–Kier alpha value is -3.49. The van der Waals surface area contributed by atoms with Crippen molar-refractivity contribution in [3.05, 3.63) is 36.5 Å². The first-order chi connectivity index (χ1) is 15.7.